The van der Waals surface area contributed by atoms with E-state index < -0.39 is 0 Å². The lowest BCUT2D eigenvalue weighted by atomic mass is 10.1. The quantitative estimate of drug-likeness (QED) is 0.489. The van der Waals surface area contributed by atoms with Gasteiger partial charge in [0.15, 0.2) is 5.96 Å². The Balaban J connectivity index is 1.93. The average molecular weight is 367 g/mol. The number of hydrogen-bond acceptors (Lipinski definition) is 2. The number of anilines is 1. The largest absolute Gasteiger partial charge is 0.357 e. The molecule has 27 heavy (non-hydrogen) atoms. The van der Waals surface area contributed by atoms with Gasteiger partial charge in [0.25, 0.3) is 0 Å². The monoisotopic (exact) mass is 366 g/mol. The standard InChI is InChI=1S/C22H30N4O/c1-4-8-21(27)26-20-13-11-18(12-14-20)15-24-22(23-5-2)25-16-19-10-7-6-9-17(19)3/h6-7,9-14H,4-5,8,15-16H2,1-3H3,(H,26,27)(H2,23,24,25). The second-order valence-corrected chi connectivity index (χ2v) is 6.47. The van der Waals surface area contributed by atoms with Crippen molar-refractivity contribution in [1.29, 1.82) is 0 Å². The molecule has 0 aliphatic heterocycles. The molecule has 0 unspecified atom stereocenters. The van der Waals surface area contributed by atoms with E-state index in [0.717, 1.165) is 36.7 Å². The number of carbonyl (C=O) groups is 1. The van der Waals surface area contributed by atoms with E-state index in [1.54, 1.807) is 0 Å². The number of guanidine groups is 1. The zero-order valence-electron chi connectivity index (χ0n) is 16.5. The summed E-state index contributed by atoms with van der Waals surface area (Å²) < 4.78 is 0. The first-order valence-corrected chi connectivity index (χ1v) is 9.57. The van der Waals surface area contributed by atoms with Crippen molar-refractivity contribution in [2.75, 3.05) is 11.9 Å². The lowest BCUT2D eigenvalue weighted by Crippen LogP contribution is -2.36. The molecule has 0 heterocycles. The van der Waals surface area contributed by atoms with Crippen LogP contribution in [0.25, 0.3) is 0 Å². The highest BCUT2D eigenvalue weighted by molar-refractivity contribution is 5.90. The lowest BCUT2D eigenvalue weighted by Gasteiger charge is -2.13. The maximum absolute atomic E-state index is 11.6. The molecule has 5 heteroatoms. The van der Waals surface area contributed by atoms with Crippen LogP contribution in [0.5, 0.6) is 0 Å². The lowest BCUT2D eigenvalue weighted by molar-refractivity contribution is -0.116. The molecule has 0 fully saturated rings. The van der Waals surface area contributed by atoms with Gasteiger partial charge in [0, 0.05) is 25.2 Å². The molecule has 0 saturated carbocycles. The number of carbonyl (C=O) groups excluding carboxylic acids is 1. The minimum absolute atomic E-state index is 0.0538. The molecule has 2 aromatic rings. The third-order valence-electron chi connectivity index (χ3n) is 4.19. The maximum atomic E-state index is 11.6. The van der Waals surface area contributed by atoms with Gasteiger partial charge >= 0.3 is 0 Å². The third kappa shape index (κ3) is 7.13. The molecule has 0 radical (unpaired) electrons. The van der Waals surface area contributed by atoms with Crippen molar-refractivity contribution < 1.29 is 4.79 Å². The number of amides is 1. The van der Waals surface area contributed by atoms with Crippen LogP contribution in [0.15, 0.2) is 53.5 Å². The van der Waals surface area contributed by atoms with E-state index in [1.807, 2.05) is 37.3 Å². The Kier molecular flexibility index (Phi) is 8.36. The van der Waals surface area contributed by atoms with Crippen LogP contribution >= 0.6 is 0 Å². The van der Waals surface area contributed by atoms with Crippen molar-refractivity contribution in [3.63, 3.8) is 0 Å². The zero-order valence-corrected chi connectivity index (χ0v) is 16.5. The topological polar surface area (TPSA) is 65.5 Å². The predicted molar refractivity (Wildman–Crippen MR) is 113 cm³/mol. The van der Waals surface area contributed by atoms with Crippen molar-refractivity contribution >= 4 is 17.6 Å². The SMILES string of the molecule is CCCC(=O)Nc1ccc(CN=C(NCC)NCc2ccccc2C)cc1. The van der Waals surface area contributed by atoms with Crippen molar-refractivity contribution in [3.05, 3.63) is 65.2 Å². The van der Waals surface area contributed by atoms with Gasteiger partial charge < -0.3 is 16.0 Å². The third-order valence-corrected chi connectivity index (χ3v) is 4.19. The second-order valence-electron chi connectivity index (χ2n) is 6.47. The first-order valence-electron chi connectivity index (χ1n) is 9.57. The molecule has 2 rings (SSSR count). The summed E-state index contributed by atoms with van der Waals surface area (Å²) >= 11 is 0. The fourth-order valence-corrected chi connectivity index (χ4v) is 2.64. The highest BCUT2D eigenvalue weighted by atomic mass is 16.1. The van der Waals surface area contributed by atoms with Crippen molar-refractivity contribution in [2.45, 2.75) is 46.7 Å². The van der Waals surface area contributed by atoms with E-state index in [0.29, 0.717) is 13.0 Å². The van der Waals surface area contributed by atoms with E-state index in [-0.39, 0.29) is 5.91 Å². The average Bonchev–Trinajstić information content (AvgIpc) is 2.66. The predicted octanol–water partition coefficient (Wildman–Crippen LogP) is 3.99. The van der Waals surface area contributed by atoms with Gasteiger partial charge in [-0.2, -0.15) is 0 Å². The van der Waals surface area contributed by atoms with Crippen LogP contribution in [0.3, 0.4) is 0 Å². The molecule has 0 saturated heterocycles. The fraction of sp³-hybridized carbons (Fsp3) is 0.364. The molecular weight excluding hydrogens is 336 g/mol. The van der Waals surface area contributed by atoms with Crippen molar-refractivity contribution in [2.24, 2.45) is 4.99 Å². The first kappa shape index (κ1) is 20.5. The Hall–Kier alpha value is -2.82. The molecule has 0 spiro atoms. The molecule has 0 aromatic heterocycles. The number of aryl methyl sites for hydroxylation is 1. The van der Waals surface area contributed by atoms with E-state index in [2.05, 4.69) is 53.0 Å². The summed E-state index contributed by atoms with van der Waals surface area (Å²) in [5.41, 5.74) is 4.44. The van der Waals surface area contributed by atoms with Crippen LogP contribution in [0.1, 0.15) is 43.4 Å². The Labute approximate surface area is 162 Å². The molecule has 0 aliphatic carbocycles. The van der Waals surface area contributed by atoms with E-state index in [4.69, 9.17) is 0 Å². The molecule has 0 bridgehead atoms. The van der Waals surface area contributed by atoms with Gasteiger partial charge in [-0.25, -0.2) is 4.99 Å². The first-order chi connectivity index (χ1) is 13.1. The van der Waals surface area contributed by atoms with Gasteiger partial charge in [-0.1, -0.05) is 43.3 Å². The van der Waals surface area contributed by atoms with Crippen molar-refractivity contribution in [1.82, 2.24) is 10.6 Å². The highest BCUT2D eigenvalue weighted by Crippen LogP contribution is 2.11. The van der Waals surface area contributed by atoms with Crippen LogP contribution in [0.4, 0.5) is 5.69 Å². The van der Waals surface area contributed by atoms with Crippen LogP contribution in [-0.4, -0.2) is 18.4 Å². The molecule has 0 atom stereocenters. The van der Waals surface area contributed by atoms with Gasteiger partial charge in [0.2, 0.25) is 5.91 Å². The Morgan fingerprint density at radius 1 is 1.00 bits per heavy atom. The second kappa shape index (κ2) is 11.0. The highest BCUT2D eigenvalue weighted by Gasteiger charge is 2.02. The molecule has 1 amide bonds. The van der Waals surface area contributed by atoms with Gasteiger partial charge in [0.1, 0.15) is 0 Å². The normalized spacial score (nSPS) is 11.1. The molecule has 5 nitrogen and oxygen atoms in total. The number of nitrogens with one attached hydrogen (secondary N) is 3. The minimum atomic E-state index is 0.0538. The summed E-state index contributed by atoms with van der Waals surface area (Å²) in [4.78, 5) is 16.3. The Bertz CT molecular complexity index is 753. The summed E-state index contributed by atoms with van der Waals surface area (Å²) in [6.45, 7) is 8.28. The number of benzene rings is 2. The van der Waals surface area contributed by atoms with Gasteiger partial charge in [-0.3, -0.25) is 4.79 Å². The van der Waals surface area contributed by atoms with Crippen LogP contribution < -0.4 is 16.0 Å². The minimum Gasteiger partial charge on any atom is -0.357 e. The van der Waals surface area contributed by atoms with Gasteiger partial charge in [-0.05, 0) is 49.1 Å². The number of rotatable bonds is 8. The number of hydrogen-bond donors (Lipinski definition) is 3. The van der Waals surface area contributed by atoms with Crippen LogP contribution in [-0.2, 0) is 17.9 Å². The molecule has 0 aliphatic rings. The van der Waals surface area contributed by atoms with Gasteiger partial charge in [-0.15, -0.1) is 0 Å². The summed E-state index contributed by atoms with van der Waals surface area (Å²) in [6, 6.07) is 16.2. The van der Waals surface area contributed by atoms with Gasteiger partial charge in [0.05, 0.1) is 6.54 Å². The summed E-state index contributed by atoms with van der Waals surface area (Å²) in [6.07, 6.45) is 1.39. The van der Waals surface area contributed by atoms with E-state index in [1.165, 1.54) is 11.1 Å². The zero-order chi connectivity index (χ0) is 19.5. The van der Waals surface area contributed by atoms with Crippen molar-refractivity contribution in [3.8, 4) is 0 Å². The van der Waals surface area contributed by atoms with E-state index in [9.17, 15) is 4.79 Å². The van der Waals surface area contributed by atoms with Crippen LogP contribution in [0.2, 0.25) is 0 Å². The molecule has 144 valence electrons. The van der Waals surface area contributed by atoms with Crippen LogP contribution in [0, 0.1) is 6.92 Å². The molecule has 2 aromatic carbocycles. The Morgan fingerprint density at radius 2 is 1.74 bits per heavy atom. The Morgan fingerprint density at radius 3 is 2.41 bits per heavy atom. The molecular formula is C22H30N4O. The number of nitrogens with zero attached hydrogens (tertiary/aromatic N) is 1. The van der Waals surface area contributed by atoms with E-state index >= 15 is 0 Å². The fourth-order valence-electron chi connectivity index (χ4n) is 2.64. The summed E-state index contributed by atoms with van der Waals surface area (Å²) in [5.74, 6) is 0.846. The summed E-state index contributed by atoms with van der Waals surface area (Å²) in [7, 11) is 0. The smallest absolute Gasteiger partial charge is 0.224 e. The maximum Gasteiger partial charge on any atom is 0.224 e. The summed E-state index contributed by atoms with van der Waals surface area (Å²) in [5, 5.41) is 9.56. The molecule has 3 N–H and O–H groups in total. The number of aliphatic imine (C=N–C) groups is 1.